The van der Waals surface area contributed by atoms with Crippen molar-refractivity contribution in [1.29, 1.82) is 0 Å². The highest BCUT2D eigenvalue weighted by Crippen LogP contribution is 2.28. The average molecular weight is 240 g/mol. The van der Waals surface area contributed by atoms with Crippen molar-refractivity contribution in [3.05, 3.63) is 0 Å². The number of rotatable bonds is 5. The number of carbonyl (C=O) groups excluding carboxylic acids is 1. The highest BCUT2D eigenvalue weighted by molar-refractivity contribution is 5.76. The average Bonchev–Trinajstić information content (AvgIpc) is 2.14. The summed E-state index contributed by atoms with van der Waals surface area (Å²) in [5.41, 5.74) is 0. The van der Waals surface area contributed by atoms with Crippen molar-refractivity contribution < 1.29 is 4.79 Å². The summed E-state index contributed by atoms with van der Waals surface area (Å²) in [5, 5.41) is 6.46. The molecule has 0 aromatic heterocycles. The van der Waals surface area contributed by atoms with E-state index in [1.54, 1.807) is 0 Å². The predicted octanol–water partition coefficient (Wildman–Crippen LogP) is 2.32. The molecule has 1 rings (SSSR count). The second kappa shape index (κ2) is 7.00. The fourth-order valence-electron chi connectivity index (χ4n) is 3.05. The van der Waals surface area contributed by atoms with Gasteiger partial charge in [-0.25, -0.2) is 0 Å². The van der Waals surface area contributed by atoms with Crippen LogP contribution in [0.1, 0.15) is 53.4 Å². The molecule has 0 aromatic rings. The molecule has 1 aliphatic rings. The third kappa shape index (κ3) is 5.53. The lowest BCUT2D eigenvalue weighted by atomic mass is 9.80. The second-order valence-corrected chi connectivity index (χ2v) is 5.84. The minimum absolute atomic E-state index is 0.199. The van der Waals surface area contributed by atoms with Gasteiger partial charge in [0.05, 0.1) is 0 Å². The molecule has 2 N–H and O–H groups in total. The number of carbonyl (C=O) groups is 1. The van der Waals surface area contributed by atoms with Gasteiger partial charge in [0.1, 0.15) is 0 Å². The van der Waals surface area contributed by atoms with Crippen LogP contribution in [0.15, 0.2) is 0 Å². The maximum absolute atomic E-state index is 11.9. The highest BCUT2D eigenvalue weighted by Gasteiger charge is 2.25. The van der Waals surface area contributed by atoms with Crippen LogP contribution < -0.4 is 10.6 Å². The minimum atomic E-state index is 0.199. The lowest BCUT2D eigenvalue weighted by Crippen LogP contribution is -2.42. The summed E-state index contributed by atoms with van der Waals surface area (Å²) in [6.45, 7) is 9.63. The summed E-state index contributed by atoms with van der Waals surface area (Å²) in [7, 11) is 0. The Bertz CT molecular complexity index is 232. The zero-order chi connectivity index (χ0) is 12.8. The Morgan fingerprint density at radius 3 is 2.35 bits per heavy atom. The maximum atomic E-state index is 11.9. The Kier molecular flexibility index (Phi) is 5.96. The molecule has 0 spiro atoms. The predicted molar refractivity (Wildman–Crippen MR) is 71.9 cm³/mol. The fraction of sp³-hybridized carbons (Fsp3) is 0.929. The summed E-state index contributed by atoms with van der Waals surface area (Å²) in [6.07, 6.45) is 4.19. The molecule has 1 amide bonds. The lowest BCUT2D eigenvalue weighted by Gasteiger charge is -2.32. The van der Waals surface area contributed by atoms with E-state index in [1.165, 1.54) is 6.42 Å². The summed E-state index contributed by atoms with van der Waals surface area (Å²) >= 11 is 0. The van der Waals surface area contributed by atoms with E-state index in [2.05, 4.69) is 38.3 Å². The molecular weight excluding hydrogens is 212 g/mol. The molecule has 3 unspecified atom stereocenters. The smallest absolute Gasteiger partial charge is 0.221 e. The van der Waals surface area contributed by atoms with E-state index in [0.29, 0.717) is 12.5 Å². The Morgan fingerprint density at radius 1 is 1.24 bits per heavy atom. The first kappa shape index (κ1) is 14.5. The molecule has 3 atom stereocenters. The van der Waals surface area contributed by atoms with Gasteiger partial charge >= 0.3 is 0 Å². The topological polar surface area (TPSA) is 41.1 Å². The molecule has 0 heterocycles. The molecule has 100 valence electrons. The molecule has 0 radical (unpaired) electrons. The van der Waals surface area contributed by atoms with Crippen molar-refractivity contribution >= 4 is 5.91 Å². The van der Waals surface area contributed by atoms with E-state index < -0.39 is 0 Å². The summed E-state index contributed by atoms with van der Waals surface area (Å²) < 4.78 is 0. The largest absolute Gasteiger partial charge is 0.353 e. The summed E-state index contributed by atoms with van der Waals surface area (Å²) in [6, 6.07) is 0.675. The fourth-order valence-corrected chi connectivity index (χ4v) is 3.05. The SMILES string of the molecule is CCNC(C)CC(=O)NC1CC(C)CC(C)C1. The standard InChI is InChI=1S/C14H28N2O/c1-5-15-12(4)9-14(17)16-13-7-10(2)6-11(3)8-13/h10-13,15H,5-9H2,1-4H3,(H,16,17). The van der Waals surface area contributed by atoms with Gasteiger partial charge in [0, 0.05) is 18.5 Å². The Balaban J connectivity index is 2.30. The van der Waals surface area contributed by atoms with E-state index in [1.807, 2.05) is 0 Å². The molecule has 0 bridgehead atoms. The number of hydrogen-bond acceptors (Lipinski definition) is 2. The van der Waals surface area contributed by atoms with Gasteiger partial charge < -0.3 is 10.6 Å². The highest BCUT2D eigenvalue weighted by atomic mass is 16.1. The normalized spacial score (nSPS) is 30.9. The number of nitrogens with one attached hydrogen (secondary N) is 2. The van der Waals surface area contributed by atoms with Crippen molar-refractivity contribution in [2.75, 3.05) is 6.54 Å². The third-order valence-electron chi connectivity index (χ3n) is 3.59. The quantitative estimate of drug-likeness (QED) is 0.774. The van der Waals surface area contributed by atoms with Crippen LogP contribution >= 0.6 is 0 Å². The van der Waals surface area contributed by atoms with Crippen molar-refractivity contribution in [3.8, 4) is 0 Å². The molecule has 0 saturated heterocycles. The second-order valence-electron chi connectivity index (χ2n) is 5.84. The van der Waals surface area contributed by atoms with Crippen molar-refractivity contribution in [3.63, 3.8) is 0 Å². The van der Waals surface area contributed by atoms with E-state index in [0.717, 1.165) is 31.2 Å². The maximum Gasteiger partial charge on any atom is 0.221 e. The zero-order valence-electron chi connectivity index (χ0n) is 11.8. The van der Waals surface area contributed by atoms with E-state index in [9.17, 15) is 4.79 Å². The first-order valence-electron chi connectivity index (χ1n) is 7.04. The minimum Gasteiger partial charge on any atom is -0.353 e. The van der Waals surface area contributed by atoms with E-state index in [-0.39, 0.29) is 11.9 Å². The van der Waals surface area contributed by atoms with Crippen LogP contribution in [0.25, 0.3) is 0 Å². The monoisotopic (exact) mass is 240 g/mol. The van der Waals surface area contributed by atoms with Crippen LogP contribution in [0.5, 0.6) is 0 Å². The zero-order valence-corrected chi connectivity index (χ0v) is 11.8. The van der Waals surface area contributed by atoms with Crippen molar-refractivity contribution in [2.45, 2.75) is 65.5 Å². The Labute approximate surface area is 106 Å². The molecule has 0 aliphatic heterocycles. The molecule has 1 saturated carbocycles. The van der Waals surface area contributed by atoms with Gasteiger partial charge in [-0.3, -0.25) is 4.79 Å². The van der Waals surface area contributed by atoms with Gasteiger partial charge in [-0.15, -0.1) is 0 Å². The van der Waals surface area contributed by atoms with Gasteiger partial charge in [0.2, 0.25) is 5.91 Å². The molecule has 1 fully saturated rings. The van der Waals surface area contributed by atoms with Crippen molar-refractivity contribution in [1.82, 2.24) is 10.6 Å². The van der Waals surface area contributed by atoms with Gasteiger partial charge in [-0.05, 0) is 44.6 Å². The van der Waals surface area contributed by atoms with Crippen LogP contribution in [0.3, 0.4) is 0 Å². The van der Waals surface area contributed by atoms with Gasteiger partial charge in [-0.1, -0.05) is 20.8 Å². The Hall–Kier alpha value is -0.570. The molecule has 3 nitrogen and oxygen atoms in total. The Morgan fingerprint density at radius 2 is 1.82 bits per heavy atom. The summed E-state index contributed by atoms with van der Waals surface area (Å²) in [5.74, 6) is 1.69. The van der Waals surface area contributed by atoms with Crippen LogP contribution in [-0.2, 0) is 4.79 Å². The number of hydrogen-bond donors (Lipinski definition) is 2. The first-order chi connectivity index (χ1) is 8.01. The van der Waals surface area contributed by atoms with Gasteiger partial charge in [0.25, 0.3) is 0 Å². The first-order valence-corrected chi connectivity index (χ1v) is 7.04. The van der Waals surface area contributed by atoms with E-state index in [4.69, 9.17) is 0 Å². The molecule has 17 heavy (non-hydrogen) atoms. The van der Waals surface area contributed by atoms with Crippen LogP contribution in [0, 0.1) is 11.8 Å². The van der Waals surface area contributed by atoms with Crippen LogP contribution in [0.2, 0.25) is 0 Å². The molecule has 3 heteroatoms. The van der Waals surface area contributed by atoms with E-state index >= 15 is 0 Å². The van der Waals surface area contributed by atoms with Crippen LogP contribution in [-0.4, -0.2) is 24.5 Å². The third-order valence-corrected chi connectivity index (χ3v) is 3.59. The molecular formula is C14H28N2O. The molecule has 1 aliphatic carbocycles. The van der Waals surface area contributed by atoms with Crippen molar-refractivity contribution in [2.24, 2.45) is 11.8 Å². The number of amides is 1. The van der Waals surface area contributed by atoms with Gasteiger partial charge in [-0.2, -0.15) is 0 Å². The lowest BCUT2D eigenvalue weighted by molar-refractivity contribution is -0.122. The van der Waals surface area contributed by atoms with Gasteiger partial charge in [0.15, 0.2) is 0 Å². The summed E-state index contributed by atoms with van der Waals surface area (Å²) in [4.78, 5) is 11.9. The van der Waals surface area contributed by atoms with Crippen LogP contribution in [0.4, 0.5) is 0 Å². The molecule has 0 aromatic carbocycles.